The van der Waals surface area contributed by atoms with Gasteiger partial charge in [0.25, 0.3) is 0 Å². The van der Waals surface area contributed by atoms with Gasteiger partial charge in [0.2, 0.25) is 0 Å². The molecule has 1 atom stereocenters. The maximum atomic E-state index is 12.0. The van der Waals surface area contributed by atoms with Crippen LogP contribution in [0.3, 0.4) is 0 Å². The van der Waals surface area contributed by atoms with Crippen LogP contribution in [0.25, 0.3) is 6.08 Å². The molecule has 1 aromatic rings. The Kier molecular flexibility index (Phi) is 3.42. The van der Waals surface area contributed by atoms with E-state index in [9.17, 15) is 9.59 Å². The van der Waals surface area contributed by atoms with Crippen LogP contribution in [0.5, 0.6) is 0 Å². The topological polar surface area (TPSA) is 52.6 Å². The molecule has 0 heterocycles. The molecule has 4 heteroatoms. The number of methoxy groups -OCH3 is 2. The van der Waals surface area contributed by atoms with Gasteiger partial charge in [0.05, 0.1) is 19.8 Å². The number of carbonyl (C=O) groups is 2. The van der Waals surface area contributed by atoms with Gasteiger partial charge in [-0.25, -0.2) is 4.79 Å². The maximum absolute atomic E-state index is 12.0. The van der Waals surface area contributed by atoms with Gasteiger partial charge in [-0.15, -0.1) is 0 Å². The number of hydrogen-bond donors (Lipinski definition) is 0. The van der Waals surface area contributed by atoms with E-state index in [4.69, 9.17) is 9.47 Å². The molecular weight excluding hydrogens is 244 g/mol. The first-order chi connectivity index (χ1) is 8.99. The zero-order valence-electron chi connectivity index (χ0n) is 11.4. The second kappa shape index (κ2) is 4.88. The van der Waals surface area contributed by atoms with E-state index in [1.54, 1.807) is 6.08 Å². The van der Waals surface area contributed by atoms with E-state index in [2.05, 4.69) is 0 Å². The van der Waals surface area contributed by atoms with Gasteiger partial charge in [0.15, 0.2) is 0 Å². The number of ether oxygens (including phenoxy) is 2. The van der Waals surface area contributed by atoms with E-state index >= 15 is 0 Å². The van der Waals surface area contributed by atoms with Crippen molar-refractivity contribution in [2.75, 3.05) is 14.2 Å². The smallest absolute Gasteiger partial charge is 0.334 e. The number of hydrogen-bond acceptors (Lipinski definition) is 4. The van der Waals surface area contributed by atoms with Gasteiger partial charge in [0, 0.05) is 0 Å². The van der Waals surface area contributed by atoms with E-state index in [0.717, 1.165) is 22.3 Å². The second-order valence-corrected chi connectivity index (χ2v) is 4.63. The summed E-state index contributed by atoms with van der Waals surface area (Å²) in [6, 6.07) is 3.93. The molecule has 19 heavy (non-hydrogen) atoms. The van der Waals surface area contributed by atoms with E-state index in [1.807, 2.05) is 26.0 Å². The number of carbonyl (C=O) groups excluding carboxylic acids is 2. The maximum Gasteiger partial charge on any atom is 0.334 e. The zero-order valence-corrected chi connectivity index (χ0v) is 11.4. The molecule has 4 nitrogen and oxygen atoms in total. The summed E-state index contributed by atoms with van der Waals surface area (Å²) in [4.78, 5) is 23.8. The molecule has 0 saturated carbocycles. The van der Waals surface area contributed by atoms with Crippen LogP contribution in [0.4, 0.5) is 0 Å². The lowest BCUT2D eigenvalue weighted by Gasteiger charge is -2.14. The average Bonchev–Trinajstić information content (AvgIpc) is 2.76. The monoisotopic (exact) mass is 260 g/mol. The molecule has 0 N–H and O–H groups in total. The third-order valence-corrected chi connectivity index (χ3v) is 3.34. The molecule has 0 spiro atoms. The Labute approximate surface area is 112 Å². The van der Waals surface area contributed by atoms with Crippen molar-refractivity contribution in [3.8, 4) is 0 Å². The van der Waals surface area contributed by atoms with Crippen molar-refractivity contribution in [2.45, 2.75) is 19.8 Å². The van der Waals surface area contributed by atoms with Crippen molar-refractivity contribution in [1.29, 1.82) is 0 Å². The molecule has 100 valence electrons. The first-order valence-electron chi connectivity index (χ1n) is 5.98. The molecule has 1 unspecified atom stereocenters. The number of benzene rings is 1. The van der Waals surface area contributed by atoms with Crippen molar-refractivity contribution in [3.63, 3.8) is 0 Å². The minimum absolute atomic E-state index is 0.332. The van der Waals surface area contributed by atoms with Gasteiger partial charge in [-0.2, -0.15) is 0 Å². The summed E-state index contributed by atoms with van der Waals surface area (Å²) in [5.74, 6) is -1.63. The fourth-order valence-electron chi connectivity index (χ4n) is 2.52. The lowest BCUT2D eigenvalue weighted by molar-refractivity contribution is -0.144. The summed E-state index contributed by atoms with van der Waals surface area (Å²) in [7, 11) is 2.62. The van der Waals surface area contributed by atoms with E-state index in [0.29, 0.717) is 5.57 Å². The predicted molar refractivity (Wildman–Crippen MR) is 70.7 cm³/mol. The molecule has 0 fully saturated rings. The van der Waals surface area contributed by atoms with Crippen molar-refractivity contribution in [2.24, 2.45) is 0 Å². The second-order valence-electron chi connectivity index (χ2n) is 4.63. The minimum Gasteiger partial charge on any atom is -0.468 e. The van der Waals surface area contributed by atoms with Gasteiger partial charge in [-0.05, 0) is 36.6 Å². The largest absolute Gasteiger partial charge is 0.468 e. The fourth-order valence-corrected chi connectivity index (χ4v) is 2.52. The lowest BCUT2D eigenvalue weighted by Crippen LogP contribution is -2.19. The molecular formula is C15H16O4. The summed E-state index contributed by atoms with van der Waals surface area (Å²) in [5, 5.41) is 0. The molecule has 0 aliphatic heterocycles. The molecule has 0 saturated heterocycles. The summed E-state index contributed by atoms with van der Waals surface area (Å²) in [6.07, 6.45) is 1.72. The minimum atomic E-state index is -0.689. The number of aryl methyl sites for hydroxylation is 2. The molecule has 0 aromatic heterocycles. The number of esters is 2. The van der Waals surface area contributed by atoms with Crippen LogP contribution in [0.2, 0.25) is 0 Å². The van der Waals surface area contributed by atoms with E-state index in [1.165, 1.54) is 14.2 Å². The van der Waals surface area contributed by atoms with Crippen molar-refractivity contribution >= 4 is 18.0 Å². The van der Waals surface area contributed by atoms with Crippen LogP contribution in [-0.4, -0.2) is 26.2 Å². The van der Waals surface area contributed by atoms with Crippen LogP contribution in [-0.2, 0) is 19.1 Å². The van der Waals surface area contributed by atoms with Gasteiger partial charge in [0.1, 0.15) is 5.92 Å². The highest BCUT2D eigenvalue weighted by Gasteiger charge is 2.37. The fraction of sp³-hybridized carbons (Fsp3) is 0.333. The van der Waals surface area contributed by atoms with Crippen molar-refractivity contribution < 1.29 is 19.1 Å². The summed E-state index contributed by atoms with van der Waals surface area (Å²) in [6.45, 7) is 3.91. The summed E-state index contributed by atoms with van der Waals surface area (Å²) in [5.41, 5.74) is 4.12. The highest BCUT2D eigenvalue weighted by molar-refractivity contribution is 6.06. The molecule has 0 amide bonds. The molecule has 1 aromatic carbocycles. The van der Waals surface area contributed by atoms with Crippen molar-refractivity contribution in [3.05, 3.63) is 40.0 Å². The van der Waals surface area contributed by atoms with Gasteiger partial charge >= 0.3 is 11.9 Å². The normalized spacial score (nSPS) is 16.6. The Morgan fingerprint density at radius 2 is 1.79 bits per heavy atom. The third kappa shape index (κ3) is 2.14. The Hall–Kier alpha value is -2.10. The van der Waals surface area contributed by atoms with Crippen LogP contribution in [0.15, 0.2) is 17.7 Å². The quantitative estimate of drug-likeness (QED) is 0.764. The first-order valence-corrected chi connectivity index (χ1v) is 5.98. The lowest BCUT2D eigenvalue weighted by atomic mass is 9.93. The standard InChI is InChI=1S/C15H16O4/c1-8-5-9(2)10-7-12(14(16)18-3)13(11(10)6-8)15(17)19-4/h5-7,13H,1-4H3. The summed E-state index contributed by atoms with van der Waals surface area (Å²) < 4.78 is 9.55. The summed E-state index contributed by atoms with van der Waals surface area (Å²) >= 11 is 0. The van der Waals surface area contributed by atoms with E-state index in [-0.39, 0.29) is 0 Å². The zero-order chi connectivity index (χ0) is 14.2. The Bertz CT molecular complexity index is 584. The molecule has 1 aliphatic rings. The molecule has 0 radical (unpaired) electrons. The molecule has 2 rings (SSSR count). The van der Waals surface area contributed by atoms with Crippen molar-refractivity contribution in [1.82, 2.24) is 0 Å². The highest BCUT2D eigenvalue weighted by atomic mass is 16.5. The van der Waals surface area contributed by atoms with Crippen LogP contribution in [0, 0.1) is 13.8 Å². The SMILES string of the molecule is COC(=O)C1=Cc2c(C)cc(C)cc2C1C(=O)OC. The average molecular weight is 260 g/mol. The van der Waals surface area contributed by atoms with Gasteiger partial charge in [-0.3, -0.25) is 4.79 Å². The predicted octanol–water partition coefficient (Wildman–Crippen LogP) is 2.13. The Balaban J connectivity index is 2.60. The van der Waals surface area contributed by atoms with Gasteiger partial charge < -0.3 is 9.47 Å². The Morgan fingerprint density at radius 3 is 2.37 bits per heavy atom. The highest BCUT2D eigenvalue weighted by Crippen LogP contribution is 2.39. The Morgan fingerprint density at radius 1 is 1.11 bits per heavy atom. The number of fused-ring (bicyclic) bond motifs is 1. The third-order valence-electron chi connectivity index (χ3n) is 3.34. The van der Waals surface area contributed by atoms with Crippen LogP contribution in [0.1, 0.15) is 28.2 Å². The van der Waals surface area contributed by atoms with E-state index < -0.39 is 17.9 Å². The molecule has 1 aliphatic carbocycles. The van der Waals surface area contributed by atoms with Gasteiger partial charge in [-0.1, -0.05) is 17.7 Å². The van der Waals surface area contributed by atoms with Crippen LogP contribution >= 0.6 is 0 Å². The van der Waals surface area contributed by atoms with Crippen LogP contribution < -0.4 is 0 Å². The first kappa shape index (κ1) is 13.3. The number of rotatable bonds is 2. The molecule has 0 bridgehead atoms.